The van der Waals surface area contributed by atoms with E-state index >= 15 is 0 Å². The summed E-state index contributed by atoms with van der Waals surface area (Å²) in [6, 6.07) is 13.6. The zero-order chi connectivity index (χ0) is 20.6. The number of likely N-dealkylation sites (N-methyl/N-ethyl adjacent to an activating group) is 1. The highest BCUT2D eigenvalue weighted by molar-refractivity contribution is 5.91. The van der Waals surface area contributed by atoms with E-state index < -0.39 is 0 Å². The first-order valence-electron chi connectivity index (χ1n) is 9.88. The molecule has 1 heterocycles. The lowest BCUT2D eigenvalue weighted by atomic mass is 10.2. The lowest BCUT2D eigenvalue weighted by molar-refractivity contribution is -0.115. The van der Waals surface area contributed by atoms with Crippen molar-refractivity contribution in [1.29, 1.82) is 0 Å². The van der Waals surface area contributed by atoms with Crippen LogP contribution in [0.25, 0.3) is 0 Å². The van der Waals surface area contributed by atoms with Gasteiger partial charge in [-0.2, -0.15) is 0 Å². The van der Waals surface area contributed by atoms with Crippen molar-refractivity contribution in [3.05, 3.63) is 42.5 Å². The highest BCUT2D eigenvalue weighted by atomic mass is 16.5. The molecule has 2 aromatic rings. The Labute approximate surface area is 172 Å². The topological polar surface area (TPSA) is 66.1 Å². The number of piperazine rings is 1. The van der Waals surface area contributed by atoms with E-state index in [9.17, 15) is 4.79 Å². The highest BCUT2D eigenvalue weighted by Gasteiger charge is 2.14. The minimum atomic E-state index is -0.0303. The van der Waals surface area contributed by atoms with E-state index in [0.717, 1.165) is 43.3 Å². The van der Waals surface area contributed by atoms with Crippen LogP contribution in [0, 0.1) is 0 Å². The Bertz CT molecular complexity index is 802. The van der Waals surface area contributed by atoms with Gasteiger partial charge in [-0.15, -0.1) is 0 Å². The number of ether oxygens (including phenoxy) is 2. The number of anilines is 3. The Morgan fingerprint density at radius 2 is 1.72 bits per heavy atom. The van der Waals surface area contributed by atoms with Crippen molar-refractivity contribution in [2.45, 2.75) is 6.42 Å². The van der Waals surface area contributed by atoms with Gasteiger partial charge in [-0.1, -0.05) is 0 Å². The van der Waals surface area contributed by atoms with Gasteiger partial charge in [-0.3, -0.25) is 4.79 Å². The van der Waals surface area contributed by atoms with Gasteiger partial charge < -0.3 is 29.9 Å². The Morgan fingerprint density at radius 1 is 1.00 bits per heavy atom. The molecule has 1 aliphatic heterocycles. The Balaban J connectivity index is 1.46. The fourth-order valence-electron chi connectivity index (χ4n) is 3.30. The van der Waals surface area contributed by atoms with Crippen LogP contribution in [0.5, 0.6) is 11.5 Å². The van der Waals surface area contributed by atoms with Gasteiger partial charge in [-0.25, -0.2) is 0 Å². The summed E-state index contributed by atoms with van der Waals surface area (Å²) in [5, 5.41) is 6.19. The predicted molar refractivity (Wildman–Crippen MR) is 117 cm³/mol. The van der Waals surface area contributed by atoms with E-state index in [2.05, 4.69) is 39.6 Å². The number of benzene rings is 2. The normalized spacial score (nSPS) is 14.4. The molecule has 2 aromatic carbocycles. The second-order valence-corrected chi connectivity index (χ2v) is 7.13. The van der Waals surface area contributed by atoms with Gasteiger partial charge in [0.05, 0.1) is 19.9 Å². The summed E-state index contributed by atoms with van der Waals surface area (Å²) < 4.78 is 10.6. The summed E-state index contributed by atoms with van der Waals surface area (Å²) in [4.78, 5) is 17.0. The van der Waals surface area contributed by atoms with Crippen molar-refractivity contribution in [3.8, 4) is 11.5 Å². The lowest BCUT2D eigenvalue weighted by Crippen LogP contribution is -2.44. The third-order valence-corrected chi connectivity index (χ3v) is 5.10. The van der Waals surface area contributed by atoms with Crippen molar-refractivity contribution >= 4 is 23.0 Å². The average Bonchev–Trinajstić information content (AvgIpc) is 2.75. The summed E-state index contributed by atoms with van der Waals surface area (Å²) in [5.74, 6) is 1.38. The van der Waals surface area contributed by atoms with Gasteiger partial charge in [0.25, 0.3) is 0 Å². The third-order valence-electron chi connectivity index (χ3n) is 5.10. The molecule has 2 N–H and O–H groups in total. The molecule has 3 rings (SSSR count). The minimum Gasteiger partial charge on any atom is -0.497 e. The number of hydrogen-bond acceptors (Lipinski definition) is 6. The van der Waals surface area contributed by atoms with Crippen molar-refractivity contribution in [2.24, 2.45) is 0 Å². The Hall–Kier alpha value is -2.93. The van der Waals surface area contributed by atoms with E-state index in [4.69, 9.17) is 9.47 Å². The number of carbonyl (C=O) groups is 1. The van der Waals surface area contributed by atoms with Gasteiger partial charge in [0.2, 0.25) is 5.91 Å². The van der Waals surface area contributed by atoms with Crippen LogP contribution in [0.4, 0.5) is 17.1 Å². The molecule has 156 valence electrons. The standard InChI is InChI=1S/C22H30N4O3/c1-25-12-14-26(15-13-25)18-6-4-17(5-7-18)24-22(27)10-11-23-20-9-8-19(28-2)16-21(20)29-3/h4-9,16,23H,10-15H2,1-3H3,(H,24,27). The van der Waals surface area contributed by atoms with Gasteiger partial charge in [0.15, 0.2) is 0 Å². The van der Waals surface area contributed by atoms with Gasteiger partial charge in [-0.05, 0) is 43.4 Å². The number of amides is 1. The first-order valence-corrected chi connectivity index (χ1v) is 9.88. The fourth-order valence-corrected chi connectivity index (χ4v) is 3.30. The second kappa shape index (κ2) is 10.0. The molecule has 1 fully saturated rings. The van der Waals surface area contributed by atoms with Gasteiger partial charge in [0.1, 0.15) is 11.5 Å². The Kier molecular flexibility index (Phi) is 7.19. The van der Waals surface area contributed by atoms with E-state index in [-0.39, 0.29) is 5.91 Å². The van der Waals surface area contributed by atoms with Crippen LogP contribution in [0.15, 0.2) is 42.5 Å². The molecule has 0 saturated carbocycles. The number of rotatable bonds is 8. The maximum atomic E-state index is 12.3. The first-order chi connectivity index (χ1) is 14.1. The zero-order valence-corrected chi connectivity index (χ0v) is 17.4. The quantitative estimate of drug-likeness (QED) is 0.713. The average molecular weight is 399 g/mol. The molecule has 1 amide bonds. The van der Waals surface area contributed by atoms with Crippen LogP contribution in [0.2, 0.25) is 0 Å². The molecule has 1 aliphatic rings. The summed E-state index contributed by atoms with van der Waals surface area (Å²) in [7, 11) is 5.37. The second-order valence-electron chi connectivity index (χ2n) is 7.13. The molecule has 29 heavy (non-hydrogen) atoms. The molecule has 0 radical (unpaired) electrons. The third kappa shape index (κ3) is 5.77. The minimum absolute atomic E-state index is 0.0303. The van der Waals surface area contributed by atoms with Crippen LogP contribution in [-0.4, -0.2) is 64.8 Å². The summed E-state index contributed by atoms with van der Waals surface area (Å²) >= 11 is 0. The van der Waals surface area contributed by atoms with Crippen molar-refractivity contribution < 1.29 is 14.3 Å². The largest absolute Gasteiger partial charge is 0.497 e. The SMILES string of the molecule is COc1ccc(NCCC(=O)Nc2ccc(N3CCN(C)CC3)cc2)c(OC)c1. The number of carbonyl (C=O) groups excluding carboxylic acids is 1. The first kappa shape index (κ1) is 20.8. The zero-order valence-electron chi connectivity index (χ0n) is 17.4. The maximum Gasteiger partial charge on any atom is 0.226 e. The van der Waals surface area contributed by atoms with Crippen molar-refractivity contribution in [2.75, 3.05) is 69.5 Å². The molecule has 0 spiro atoms. The molecule has 7 heteroatoms. The lowest BCUT2D eigenvalue weighted by Gasteiger charge is -2.34. The molecule has 0 unspecified atom stereocenters. The van der Waals surface area contributed by atoms with E-state index in [1.165, 1.54) is 5.69 Å². The molecule has 0 bridgehead atoms. The molecule has 0 aliphatic carbocycles. The van der Waals surface area contributed by atoms with Gasteiger partial charge >= 0.3 is 0 Å². The van der Waals surface area contributed by atoms with Crippen LogP contribution in [-0.2, 0) is 4.79 Å². The summed E-state index contributed by atoms with van der Waals surface area (Å²) in [6.07, 6.45) is 0.357. The van der Waals surface area contributed by atoms with Gasteiger partial charge in [0, 0.05) is 56.6 Å². The molecular weight excluding hydrogens is 368 g/mol. The Morgan fingerprint density at radius 3 is 2.38 bits per heavy atom. The molecule has 7 nitrogen and oxygen atoms in total. The molecular formula is C22H30N4O3. The van der Waals surface area contributed by atoms with Crippen LogP contribution < -0.4 is 25.0 Å². The molecule has 0 atom stereocenters. The predicted octanol–water partition coefficient (Wildman–Crippen LogP) is 2.90. The summed E-state index contributed by atoms with van der Waals surface area (Å²) in [5.41, 5.74) is 2.84. The van der Waals surface area contributed by atoms with Crippen molar-refractivity contribution in [1.82, 2.24) is 4.90 Å². The monoisotopic (exact) mass is 398 g/mol. The van der Waals surface area contributed by atoms with Crippen LogP contribution in [0.3, 0.4) is 0 Å². The van der Waals surface area contributed by atoms with Crippen molar-refractivity contribution in [3.63, 3.8) is 0 Å². The number of methoxy groups -OCH3 is 2. The summed E-state index contributed by atoms with van der Waals surface area (Å²) in [6.45, 7) is 4.72. The maximum absolute atomic E-state index is 12.3. The smallest absolute Gasteiger partial charge is 0.226 e. The van der Waals surface area contributed by atoms with Crippen LogP contribution >= 0.6 is 0 Å². The fraction of sp³-hybridized carbons (Fsp3) is 0.409. The number of nitrogens with one attached hydrogen (secondary N) is 2. The van der Waals surface area contributed by atoms with E-state index in [1.54, 1.807) is 14.2 Å². The number of nitrogens with zero attached hydrogens (tertiary/aromatic N) is 2. The molecule has 0 aromatic heterocycles. The number of hydrogen-bond donors (Lipinski definition) is 2. The van der Waals surface area contributed by atoms with E-state index in [1.807, 2.05) is 30.3 Å². The van der Waals surface area contributed by atoms with E-state index in [0.29, 0.717) is 18.7 Å². The molecule has 1 saturated heterocycles. The van der Waals surface area contributed by atoms with Crippen LogP contribution in [0.1, 0.15) is 6.42 Å². The highest BCUT2D eigenvalue weighted by Crippen LogP contribution is 2.29.